The minimum atomic E-state index is -0.989. The molecule has 2 aromatic carbocycles. The summed E-state index contributed by atoms with van der Waals surface area (Å²) >= 11 is 5.72. The van der Waals surface area contributed by atoms with E-state index in [1.165, 1.54) is 24.3 Å². The van der Waals surface area contributed by atoms with Crippen molar-refractivity contribution in [1.29, 1.82) is 0 Å². The SMILES string of the molecule is CC(C)(Cc1ccc(Cl)c(F)c1)NCC(O)c1cc(O)cc2c1OCC(=O)N2.Cl. The number of phenolic OH excluding ortho intramolecular Hbond substituents is 1. The van der Waals surface area contributed by atoms with Crippen molar-refractivity contribution in [2.45, 2.75) is 31.9 Å². The third-order valence-corrected chi connectivity index (χ3v) is 4.79. The fraction of sp³-hybridized carbons (Fsp3) is 0.350. The minimum absolute atomic E-state index is 0. The van der Waals surface area contributed by atoms with Crippen LogP contribution in [0, 0.1) is 5.82 Å². The van der Waals surface area contributed by atoms with E-state index in [0.29, 0.717) is 23.4 Å². The Bertz CT molecular complexity index is 908. The standard InChI is InChI=1S/C20H22ClFN2O4.ClH/c1-20(2,8-11-3-4-14(21)15(22)5-11)23-9-17(26)13-6-12(25)7-16-19(13)28-10-18(27)24-16;/h3-7,17,23,25-26H,8-10H2,1-2H3,(H,24,27);1H. The first-order valence-corrected chi connectivity index (χ1v) is 9.19. The molecule has 0 saturated carbocycles. The molecule has 0 bridgehead atoms. The molecule has 158 valence electrons. The van der Waals surface area contributed by atoms with Crippen LogP contribution < -0.4 is 15.4 Å². The molecule has 2 aromatic rings. The summed E-state index contributed by atoms with van der Waals surface area (Å²) in [6.07, 6.45) is -0.476. The second-order valence-electron chi connectivity index (χ2n) is 7.45. The summed E-state index contributed by atoms with van der Waals surface area (Å²) in [6, 6.07) is 7.44. The van der Waals surface area contributed by atoms with Crippen LogP contribution in [0.1, 0.15) is 31.1 Å². The number of phenols is 1. The fourth-order valence-electron chi connectivity index (χ4n) is 3.17. The van der Waals surface area contributed by atoms with Crippen LogP contribution in [-0.2, 0) is 11.2 Å². The molecule has 0 spiro atoms. The van der Waals surface area contributed by atoms with Gasteiger partial charge in [-0.1, -0.05) is 17.7 Å². The van der Waals surface area contributed by atoms with E-state index in [0.717, 1.165) is 5.56 Å². The Labute approximate surface area is 179 Å². The maximum Gasteiger partial charge on any atom is 0.262 e. The Morgan fingerprint density at radius 1 is 1.34 bits per heavy atom. The van der Waals surface area contributed by atoms with Crippen molar-refractivity contribution in [3.8, 4) is 11.5 Å². The molecule has 0 saturated heterocycles. The lowest BCUT2D eigenvalue weighted by molar-refractivity contribution is -0.118. The maximum absolute atomic E-state index is 13.7. The molecule has 1 unspecified atom stereocenters. The number of ether oxygens (including phenoxy) is 1. The van der Waals surface area contributed by atoms with E-state index in [-0.39, 0.29) is 42.2 Å². The topological polar surface area (TPSA) is 90.8 Å². The normalized spacial score (nSPS) is 14.3. The van der Waals surface area contributed by atoms with E-state index >= 15 is 0 Å². The molecule has 4 N–H and O–H groups in total. The van der Waals surface area contributed by atoms with Crippen LogP contribution >= 0.6 is 24.0 Å². The number of hydrogen-bond donors (Lipinski definition) is 4. The average molecular weight is 445 g/mol. The molecule has 1 aliphatic heterocycles. The third kappa shape index (κ3) is 5.73. The summed E-state index contributed by atoms with van der Waals surface area (Å²) < 4.78 is 19.1. The van der Waals surface area contributed by atoms with Crippen molar-refractivity contribution >= 4 is 35.6 Å². The summed E-state index contributed by atoms with van der Waals surface area (Å²) in [5.41, 5.74) is 1.01. The van der Waals surface area contributed by atoms with Crippen LogP contribution in [-0.4, -0.2) is 34.8 Å². The number of hydrogen-bond acceptors (Lipinski definition) is 5. The number of aliphatic hydroxyl groups is 1. The number of halogens is 3. The van der Waals surface area contributed by atoms with Gasteiger partial charge in [0, 0.05) is 23.7 Å². The smallest absolute Gasteiger partial charge is 0.262 e. The summed E-state index contributed by atoms with van der Waals surface area (Å²) in [5.74, 6) is -0.549. The minimum Gasteiger partial charge on any atom is -0.508 e. The molecular formula is C20H23Cl2FN2O4. The van der Waals surface area contributed by atoms with Gasteiger partial charge in [0.2, 0.25) is 0 Å². The summed E-state index contributed by atoms with van der Waals surface area (Å²) in [4.78, 5) is 11.5. The van der Waals surface area contributed by atoms with Crippen LogP contribution in [0.3, 0.4) is 0 Å². The number of rotatable bonds is 6. The number of carbonyl (C=O) groups is 1. The number of nitrogens with one attached hydrogen (secondary N) is 2. The molecule has 1 amide bonds. The summed E-state index contributed by atoms with van der Waals surface area (Å²) in [6.45, 7) is 3.87. The van der Waals surface area contributed by atoms with E-state index in [1.54, 1.807) is 6.07 Å². The Morgan fingerprint density at radius 2 is 2.07 bits per heavy atom. The van der Waals surface area contributed by atoms with Crippen LogP contribution in [0.25, 0.3) is 0 Å². The second-order valence-corrected chi connectivity index (χ2v) is 7.86. The number of fused-ring (bicyclic) bond motifs is 1. The molecule has 29 heavy (non-hydrogen) atoms. The van der Waals surface area contributed by atoms with Crippen molar-refractivity contribution in [2.24, 2.45) is 0 Å². The van der Waals surface area contributed by atoms with Crippen molar-refractivity contribution in [2.75, 3.05) is 18.5 Å². The van der Waals surface area contributed by atoms with E-state index in [9.17, 15) is 19.4 Å². The molecule has 1 atom stereocenters. The number of aliphatic hydroxyl groups excluding tert-OH is 1. The lowest BCUT2D eigenvalue weighted by Gasteiger charge is -2.29. The second kappa shape index (κ2) is 9.17. The maximum atomic E-state index is 13.7. The van der Waals surface area contributed by atoms with Gasteiger partial charge in [-0.15, -0.1) is 12.4 Å². The summed E-state index contributed by atoms with van der Waals surface area (Å²) in [7, 11) is 0. The first kappa shape index (κ1) is 23.2. The molecule has 3 rings (SSSR count). The number of benzene rings is 2. The lowest BCUT2D eigenvalue weighted by atomic mass is 9.94. The zero-order chi connectivity index (χ0) is 20.5. The molecule has 9 heteroatoms. The monoisotopic (exact) mass is 444 g/mol. The molecule has 6 nitrogen and oxygen atoms in total. The predicted molar refractivity (Wildman–Crippen MR) is 112 cm³/mol. The van der Waals surface area contributed by atoms with Gasteiger partial charge in [-0.2, -0.15) is 0 Å². The number of aromatic hydroxyl groups is 1. The third-order valence-electron chi connectivity index (χ3n) is 4.49. The number of β-amino-alcohol motifs (C(OH)–C–C–N with tert-alkyl or cyclic N) is 1. The van der Waals surface area contributed by atoms with E-state index in [1.807, 2.05) is 13.8 Å². The first-order chi connectivity index (χ1) is 13.1. The predicted octanol–water partition coefficient (Wildman–Crippen LogP) is 3.58. The number of carbonyl (C=O) groups excluding carboxylic acids is 1. The average Bonchev–Trinajstić information content (AvgIpc) is 2.61. The van der Waals surface area contributed by atoms with Crippen molar-refractivity contribution < 1.29 is 24.1 Å². The van der Waals surface area contributed by atoms with Gasteiger partial charge >= 0.3 is 0 Å². The van der Waals surface area contributed by atoms with Gasteiger partial charge in [-0.05, 0) is 44.0 Å². The van der Waals surface area contributed by atoms with Crippen LogP contribution in [0.15, 0.2) is 30.3 Å². The molecule has 1 aliphatic rings. The molecular weight excluding hydrogens is 422 g/mol. The van der Waals surface area contributed by atoms with Gasteiger partial charge in [0.1, 0.15) is 17.3 Å². The van der Waals surface area contributed by atoms with Gasteiger partial charge in [-0.25, -0.2) is 4.39 Å². The largest absolute Gasteiger partial charge is 0.508 e. The molecule has 0 radical (unpaired) electrons. The summed E-state index contributed by atoms with van der Waals surface area (Å²) in [5, 5.41) is 26.5. The van der Waals surface area contributed by atoms with Crippen LogP contribution in [0.5, 0.6) is 11.5 Å². The Balaban J connectivity index is 0.00000300. The Hall–Kier alpha value is -2.06. The zero-order valence-electron chi connectivity index (χ0n) is 16.0. The van der Waals surface area contributed by atoms with Crippen LogP contribution in [0.4, 0.5) is 10.1 Å². The Morgan fingerprint density at radius 3 is 2.76 bits per heavy atom. The van der Waals surface area contributed by atoms with E-state index in [4.69, 9.17) is 16.3 Å². The highest BCUT2D eigenvalue weighted by Gasteiger charge is 2.26. The molecule has 0 aliphatic carbocycles. The first-order valence-electron chi connectivity index (χ1n) is 8.81. The number of anilines is 1. The highest BCUT2D eigenvalue weighted by atomic mass is 35.5. The highest BCUT2D eigenvalue weighted by molar-refractivity contribution is 6.30. The lowest BCUT2D eigenvalue weighted by Crippen LogP contribution is -2.43. The van der Waals surface area contributed by atoms with Gasteiger partial charge in [-0.3, -0.25) is 4.79 Å². The van der Waals surface area contributed by atoms with Gasteiger partial charge < -0.3 is 25.6 Å². The van der Waals surface area contributed by atoms with Crippen molar-refractivity contribution in [3.05, 3.63) is 52.3 Å². The van der Waals surface area contributed by atoms with Gasteiger partial charge in [0.15, 0.2) is 6.61 Å². The molecule has 0 fully saturated rings. The van der Waals surface area contributed by atoms with Crippen LogP contribution in [0.2, 0.25) is 5.02 Å². The highest BCUT2D eigenvalue weighted by Crippen LogP contribution is 2.38. The van der Waals surface area contributed by atoms with Crippen molar-refractivity contribution in [1.82, 2.24) is 5.32 Å². The van der Waals surface area contributed by atoms with Crippen molar-refractivity contribution in [3.63, 3.8) is 0 Å². The Kier molecular flexibility index (Phi) is 7.35. The fourth-order valence-corrected chi connectivity index (χ4v) is 3.28. The zero-order valence-corrected chi connectivity index (χ0v) is 17.5. The molecule has 0 aromatic heterocycles. The number of amides is 1. The van der Waals surface area contributed by atoms with Gasteiger partial charge in [0.25, 0.3) is 5.91 Å². The van der Waals surface area contributed by atoms with Gasteiger partial charge in [0.05, 0.1) is 16.8 Å². The van der Waals surface area contributed by atoms with E-state index in [2.05, 4.69) is 10.6 Å². The quantitative estimate of drug-likeness (QED) is 0.546. The van der Waals surface area contributed by atoms with E-state index < -0.39 is 17.5 Å². The molecule has 1 heterocycles.